The van der Waals surface area contributed by atoms with E-state index in [4.69, 9.17) is 0 Å². The Balaban J connectivity index is 2.43. The molecule has 17 heavy (non-hydrogen) atoms. The topological polar surface area (TPSA) is 70.9 Å². The lowest BCUT2D eigenvalue weighted by Crippen LogP contribution is -2.16. The zero-order valence-electron chi connectivity index (χ0n) is 9.75. The lowest BCUT2D eigenvalue weighted by Gasteiger charge is -2.09. The SMILES string of the molecule is CNC(C)c1nncc(-c2ccccc2O)n1. The minimum absolute atomic E-state index is 0.0216. The number of hydrogen-bond acceptors (Lipinski definition) is 5. The largest absolute Gasteiger partial charge is 0.507 e. The molecule has 2 rings (SSSR count). The first-order valence-corrected chi connectivity index (χ1v) is 5.37. The van der Waals surface area contributed by atoms with Crippen molar-refractivity contribution in [3.8, 4) is 17.0 Å². The van der Waals surface area contributed by atoms with Crippen LogP contribution >= 0.6 is 0 Å². The highest BCUT2D eigenvalue weighted by Crippen LogP contribution is 2.26. The van der Waals surface area contributed by atoms with Gasteiger partial charge < -0.3 is 10.4 Å². The van der Waals surface area contributed by atoms with Crippen LogP contribution in [-0.4, -0.2) is 27.3 Å². The molecule has 5 nitrogen and oxygen atoms in total. The Morgan fingerprint density at radius 3 is 2.76 bits per heavy atom. The van der Waals surface area contributed by atoms with Gasteiger partial charge in [0.2, 0.25) is 0 Å². The fourth-order valence-electron chi connectivity index (χ4n) is 1.45. The first-order valence-electron chi connectivity index (χ1n) is 5.37. The number of nitrogens with one attached hydrogen (secondary N) is 1. The second-order valence-electron chi connectivity index (χ2n) is 3.73. The maximum atomic E-state index is 9.75. The number of nitrogens with zero attached hydrogens (tertiary/aromatic N) is 3. The van der Waals surface area contributed by atoms with Gasteiger partial charge >= 0.3 is 0 Å². The predicted molar refractivity (Wildman–Crippen MR) is 64.4 cm³/mol. The van der Waals surface area contributed by atoms with Crippen LogP contribution in [-0.2, 0) is 0 Å². The highest BCUT2D eigenvalue weighted by atomic mass is 16.3. The van der Waals surface area contributed by atoms with Crippen molar-refractivity contribution in [2.24, 2.45) is 0 Å². The molecule has 0 fully saturated rings. The van der Waals surface area contributed by atoms with Crippen LogP contribution in [0.4, 0.5) is 0 Å². The van der Waals surface area contributed by atoms with Crippen LogP contribution in [0, 0.1) is 0 Å². The van der Waals surface area contributed by atoms with Crippen LogP contribution in [0.3, 0.4) is 0 Å². The minimum atomic E-state index is 0.0216. The Labute approximate surface area is 99.6 Å². The zero-order chi connectivity index (χ0) is 12.3. The van der Waals surface area contributed by atoms with Crippen LogP contribution in [0.2, 0.25) is 0 Å². The Hall–Kier alpha value is -2.01. The summed E-state index contributed by atoms with van der Waals surface area (Å²) in [7, 11) is 1.83. The molecule has 0 bridgehead atoms. The number of benzene rings is 1. The molecule has 5 heteroatoms. The smallest absolute Gasteiger partial charge is 0.168 e. The van der Waals surface area contributed by atoms with Gasteiger partial charge in [0.05, 0.1) is 17.9 Å². The lowest BCUT2D eigenvalue weighted by atomic mass is 10.1. The van der Waals surface area contributed by atoms with E-state index in [2.05, 4.69) is 20.5 Å². The van der Waals surface area contributed by atoms with Crippen molar-refractivity contribution in [1.82, 2.24) is 20.5 Å². The van der Waals surface area contributed by atoms with Gasteiger partial charge in [-0.3, -0.25) is 0 Å². The van der Waals surface area contributed by atoms with Gasteiger partial charge in [0, 0.05) is 5.56 Å². The van der Waals surface area contributed by atoms with Gasteiger partial charge in [0.15, 0.2) is 5.82 Å². The molecule has 1 atom stereocenters. The molecule has 0 saturated carbocycles. The summed E-state index contributed by atoms with van der Waals surface area (Å²) in [4.78, 5) is 4.38. The fourth-order valence-corrected chi connectivity index (χ4v) is 1.45. The summed E-state index contributed by atoms with van der Waals surface area (Å²) in [5, 5.41) is 20.7. The van der Waals surface area contributed by atoms with Gasteiger partial charge in [-0.15, -0.1) is 5.10 Å². The third-order valence-corrected chi connectivity index (χ3v) is 2.58. The number of rotatable bonds is 3. The Kier molecular flexibility index (Phi) is 3.30. The predicted octanol–water partition coefficient (Wildman–Crippen LogP) is 1.52. The molecule has 0 saturated heterocycles. The van der Waals surface area contributed by atoms with Gasteiger partial charge in [0.25, 0.3) is 0 Å². The summed E-state index contributed by atoms with van der Waals surface area (Å²) in [6.07, 6.45) is 1.54. The van der Waals surface area contributed by atoms with Crippen LogP contribution in [0.5, 0.6) is 5.75 Å². The highest BCUT2D eigenvalue weighted by Gasteiger charge is 2.10. The summed E-state index contributed by atoms with van der Waals surface area (Å²) in [6, 6.07) is 7.06. The van der Waals surface area contributed by atoms with E-state index in [1.54, 1.807) is 24.4 Å². The normalized spacial score (nSPS) is 12.4. The zero-order valence-corrected chi connectivity index (χ0v) is 9.75. The minimum Gasteiger partial charge on any atom is -0.507 e. The van der Waals surface area contributed by atoms with Gasteiger partial charge in [-0.2, -0.15) is 5.10 Å². The molecule has 0 radical (unpaired) electrons. The molecular formula is C12H14N4O. The number of aromatic hydroxyl groups is 1. The monoisotopic (exact) mass is 230 g/mol. The summed E-state index contributed by atoms with van der Waals surface area (Å²) >= 11 is 0. The number of phenolic OH excluding ortho intramolecular Hbond substituents is 1. The quantitative estimate of drug-likeness (QED) is 0.836. The molecular weight excluding hydrogens is 216 g/mol. The third kappa shape index (κ3) is 2.39. The van der Waals surface area contributed by atoms with Crippen molar-refractivity contribution < 1.29 is 5.11 Å². The average molecular weight is 230 g/mol. The Morgan fingerprint density at radius 2 is 2.06 bits per heavy atom. The van der Waals surface area contributed by atoms with E-state index < -0.39 is 0 Å². The van der Waals surface area contributed by atoms with Crippen molar-refractivity contribution in [2.45, 2.75) is 13.0 Å². The van der Waals surface area contributed by atoms with Gasteiger partial charge in [-0.1, -0.05) is 12.1 Å². The van der Waals surface area contributed by atoms with Crippen molar-refractivity contribution in [1.29, 1.82) is 0 Å². The number of aromatic nitrogens is 3. The maximum absolute atomic E-state index is 9.75. The van der Waals surface area contributed by atoms with E-state index in [0.29, 0.717) is 17.1 Å². The second kappa shape index (κ2) is 4.88. The molecule has 1 aromatic carbocycles. The van der Waals surface area contributed by atoms with E-state index in [1.165, 1.54) is 0 Å². The molecule has 1 unspecified atom stereocenters. The van der Waals surface area contributed by atoms with Crippen LogP contribution in [0.15, 0.2) is 30.5 Å². The summed E-state index contributed by atoms with van der Waals surface area (Å²) in [5.74, 6) is 0.796. The fraction of sp³-hybridized carbons (Fsp3) is 0.250. The summed E-state index contributed by atoms with van der Waals surface area (Å²) in [6.45, 7) is 1.95. The summed E-state index contributed by atoms with van der Waals surface area (Å²) in [5.41, 5.74) is 1.28. The summed E-state index contributed by atoms with van der Waals surface area (Å²) < 4.78 is 0. The van der Waals surface area contributed by atoms with Crippen LogP contribution in [0.25, 0.3) is 11.3 Å². The average Bonchev–Trinajstić information content (AvgIpc) is 2.38. The van der Waals surface area contributed by atoms with Gasteiger partial charge in [-0.05, 0) is 26.1 Å². The van der Waals surface area contributed by atoms with Crippen molar-refractivity contribution in [3.63, 3.8) is 0 Å². The molecule has 0 aliphatic heterocycles. The maximum Gasteiger partial charge on any atom is 0.168 e. The van der Waals surface area contributed by atoms with E-state index >= 15 is 0 Å². The molecule has 0 amide bonds. The Bertz CT molecular complexity index is 515. The molecule has 0 spiro atoms. The van der Waals surface area contributed by atoms with Crippen LogP contribution in [0.1, 0.15) is 18.8 Å². The highest BCUT2D eigenvalue weighted by molar-refractivity contribution is 5.65. The standard InChI is InChI=1S/C12H14N4O/c1-8(13-2)12-15-10(7-14-16-12)9-5-3-4-6-11(9)17/h3-8,13,17H,1-2H3. The molecule has 2 N–H and O–H groups in total. The van der Waals surface area contributed by atoms with Crippen molar-refractivity contribution in [3.05, 3.63) is 36.3 Å². The van der Waals surface area contributed by atoms with Crippen molar-refractivity contribution in [2.75, 3.05) is 7.05 Å². The van der Waals surface area contributed by atoms with E-state index in [-0.39, 0.29) is 11.8 Å². The van der Waals surface area contributed by atoms with E-state index in [0.717, 1.165) is 0 Å². The second-order valence-corrected chi connectivity index (χ2v) is 3.73. The van der Waals surface area contributed by atoms with Gasteiger partial charge in [0.1, 0.15) is 5.75 Å². The van der Waals surface area contributed by atoms with E-state index in [9.17, 15) is 5.11 Å². The van der Waals surface area contributed by atoms with Crippen molar-refractivity contribution >= 4 is 0 Å². The molecule has 2 aromatic rings. The molecule has 0 aliphatic carbocycles. The number of hydrogen-bond donors (Lipinski definition) is 2. The van der Waals surface area contributed by atoms with Crippen LogP contribution < -0.4 is 5.32 Å². The first-order chi connectivity index (χ1) is 8.22. The Morgan fingerprint density at radius 1 is 1.29 bits per heavy atom. The molecule has 1 aromatic heterocycles. The molecule has 88 valence electrons. The first kappa shape index (κ1) is 11.5. The van der Waals surface area contributed by atoms with E-state index in [1.807, 2.05) is 20.0 Å². The molecule has 1 heterocycles. The van der Waals surface area contributed by atoms with Gasteiger partial charge in [-0.25, -0.2) is 4.98 Å². The number of para-hydroxylation sites is 1. The third-order valence-electron chi connectivity index (χ3n) is 2.58. The molecule has 0 aliphatic rings. The number of phenols is 1. The lowest BCUT2D eigenvalue weighted by molar-refractivity contribution is 0.477.